The summed E-state index contributed by atoms with van der Waals surface area (Å²) in [6.45, 7) is 3.23. The summed E-state index contributed by atoms with van der Waals surface area (Å²) >= 11 is 0. The second kappa shape index (κ2) is 7.75. The first-order valence-corrected chi connectivity index (χ1v) is 7.25. The van der Waals surface area contributed by atoms with Gasteiger partial charge in [-0.2, -0.15) is 0 Å². The molecule has 2 rings (SSSR count). The summed E-state index contributed by atoms with van der Waals surface area (Å²) in [6.07, 6.45) is 9.93. The minimum absolute atomic E-state index is 0.444. The molecular weight excluding hydrogens is 250 g/mol. The molecule has 2 aromatic rings. The van der Waals surface area contributed by atoms with Crippen LogP contribution in [0, 0.1) is 0 Å². The van der Waals surface area contributed by atoms with Gasteiger partial charge in [0.25, 0.3) is 0 Å². The second-order valence-electron chi connectivity index (χ2n) is 5.13. The summed E-state index contributed by atoms with van der Waals surface area (Å²) in [7, 11) is 1.90. The normalized spacial score (nSPS) is 12.5. The molecule has 0 aliphatic heterocycles. The van der Waals surface area contributed by atoms with Crippen LogP contribution >= 0.6 is 0 Å². The summed E-state index contributed by atoms with van der Waals surface area (Å²) in [5, 5.41) is 11.8. The number of nitrogens with zero attached hydrogens (tertiary/aromatic N) is 4. The van der Waals surface area contributed by atoms with E-state index in [1.165, 1.54) is 5.56 Å². The van der Waals surface area contributed by atoms with Crippen molar-refractivity contribution in [2.45, 2.75) is 38.6 Å². The maximum atomic E-state index is 4.18. The van der Waals surface area contributed by atoms with Gasteiger partial charge in [0.1, 0.15) is 0 Å². The number of rotatable bonds is 8. The zero-order valence-electron chi connectivity index (χ0n) is 12.3. The van der Waals surface area contributed by atoms with E-state index in [4.69, 9.17) is 0 Å². The molecule has 0 saturated heterocycles. The highest BCUT2D eigenvalue weighted by Crippen LogP contribution is 2.08. The van der Waals surface area contributed by atoms with Crippen molar-refractivity contribution in [3.05, 3.63) is 42.0 Å². The monoisotopic (exact) mass is 273 g/mol. The van der Waals surface area contributed by atoms with Gasteiger partial charge in [0.15, 0.2) is 0 Å². The van der Waals surface area contributed by atoms with Gasteiger partial charge in [0, 0.05) is 38.1 Å². The lowest BCUT2D eigenvalue weighted by Gasteiger charge is -2.17. The van der Waals surface area contributed by atoms with Gasteiger partial charge < -0.3 is 5.32 Å². The number of aromatic nitrogens is 4. The molecule has 5 nitrogen and oxygen atoms in total. The van der Waals surface area contributed by atoms with Crippen molar-refractivity contribution < 1.29 is 0 Å². The third kappa shape index (κ3) is 4.74. The van der Waals surface area contributed by atoms with Crippen molar-refractivity contribution in [1.29, 1.82) is 0 Å². The number of pyridine rings is 1. The fourth-order valence-electron chi connectivity index (χ4n) is 2.26. The zero-order chi connectivity index (χ0) is 14.2. The van der Waals surface area contributed by atoms with Crippen LogP contribution in [0.3, 0.4) is 0 Å². The molecule has 0 fully saturated rings. The Bertz CT molecular complexity index is 494. The Morgan fingerprint density at radius 1 is 1.30 bits per heavy atom. The lowest BCUT2D eigenvalue weighted by Crippen LogP contribution is -2.32. The smallest absolute Gasteiger partial charge is 0.0842 e. The average molecular weight is 273 g/mol. The molecule has 20 heavy (non-hydrogen) atoms. The number of hydrogen-bond acceptors (Lipinski definition) is 4. The van der Waals surface area contributed by atoms with Crippen LogP contribution in [0.4, 0.5) is 0 Å². The molecule has 2 aromatic heterocycles. The Labute approximate surface area is 120 Å². The van der Waals surface area contributed by atoms with Gasteiger partial charge in [-0.1, -0.05) is 12.1 Å². The van der Waals surface area contributed by atoms with E-state index in [9.17, 15) is 0 Å². The van der Waals surface area contributed by atoms with Gasteiger partial charge in [-0.15, -0.1) is 5.10 Å². The molecule has 1 unspecified atom stereocenters. The Morgan fingerprint density at radius 2 is 2.10 bits per heavy atom. The summed E-state index contributed by atoms with van der Waals surface area (Å²) < 4.78 is 1.76. The van der Waals surface area contributed by atoms with E-state index in [0.717, 1.165) is 37.9 Å². The van der Waals surface area contributed by atoms with Crippen molar-refractivity contribution in [3.63, 3.8) is 0 Å². The van der Waals surface area contributed by atoms with Crippen LogP contribution in [0.2, 0.25) is 0 Å². The fraction of sp³-hybridized carbons (Fsp3) is 0.533. The van der Waals surface area contributed by atoms with Gasteiger partial charge in [-0.05, 0) is 43.5 Å². The largest absolute Gasteiger partial charge is 0.314 e. The van der Waals surface area contributed by atoms with Crippen molar-refractivity contribution in [2.75, 3.05) is 6.54 Å². The van der Waals surface area contributed by atoms with Crippen molar-refractivity contribution >= 4 is 0 Å². The summed E-state index contributed by atoms with van der Waals surface area (Å²) in [5.74, 6) is 0. The summed E-state index contributed by atoms with van der Waals surface area (Å²) in [6, 6.07) is 4.61. The molecule has 0 aliphatic carbocycles. The van der Waals surface area contributed by atoms with E-state index in [1.54, 1.807) is 4.68 Å². The van der Waals surface area contributed by atoms with E-state index < -0.39 is 0 Å². The predicted octanol–water partition coefficient (Wildman–Crippen LogP) is 1.75. The van der Waals surface area contributed by atoms with E-state index in [0.29, 0.717) is 6.04 Å². The van der Waals surface area contributed by atoms with E-state index in [-0.39, 0.29) is 0 Å². The van der Waals surface area contributed by atoms with Gasteiger partial charge in [-0.3, -0.25) is 9.67 Å². The summed E-state index contributed by atoms with van der Waals surface area (Å²) in [5.41, 5.74) is 2.39. The van der Waals surface area contributed by atoms with Crippen molar-refractivity contribution in [1.82, 2.24) is 25.3 Å². The first-order chi connectivity index (χ1) is 9.78. The first-order valence-electron chi connectivity index (χ1n) is 7.25. The number of hydrogen-bond donors (Lipinski definition) is 1. The molecule has 0 saturated carbocycles. The molecule has 108 valence electrons. The SMILES string of the molecule is CCCNC(CCc1ccncc1)Cc1cn(C)nn1. The highest BCUT2D eigenvalue weighted by atomic mass is 15.4. The molecule has 0 bridgehead atoms. The molecule has 0 aromatic carbocycles. The standard InChI is InChI=1S/C15H23N5/c1-3-8-17-14(11-15-12-20(2)19-18-15)5-4-13-6-9-16-10-7-13/h6-7,9-10,12,14,17H,3-5,8,11H2,1-2H3. The highest BCUT2D eigenvalue weighted by Gasteiger charge is 2.11. The van der Waals surface area contributed by atoms with Crippen molar-refractivity contribution in [3.8, 4) is 0 Å². The minimum Gasteiger partial charge on any atom is -0.314 e. The van der Waals surface area contributed by atoms with Crippen LogP contribution in [0.1, 0.15) is 31.0 Å². The molecule has 1 atom stereocenters. The van der Waals surface area contributed by atoms with E-state index in [2.05, 4.69) is 39.7 Å². The van der Waals surface area contributed by atoms with Gasteiger partial charge in [-0.25, -0.2) is 0 Å². The molecule has 0 spiro atoms. The maximum absolute atomic E-state index is 4.18. The molecule has 2 heterocycles. The van der Waals surface area contributed by atoms with E-state index >= 15 is 0 Å². The fourth-order valence-corrected chi connectivity index (χ4v) is 2.26. The molecule has 0 amide bonds. The lowest BCUT2D eigenvalue weighted by molar-refractivity contribution is 0.473. The maximum Gasteiger partial charge on any atom is 0.0842 e. The quantitative estimate of drug-likeness (QED) is 0.796. The predicted molar refractivity (Wildman–Crippen MR) is 79.3 cm³/mol. The number of aryl methyl sites for hydroxylation is 2. The first kappa shape index (κ1) is 14.7. The van der Waals surface area contributed by atoms with Gasteiger partial charge in [0.2, 0.25) is 0 Å². The topological polar surface area (TPSA) is 55.6 Å². The third-order valence-corrected chi connectivity index (χ3v) is 3.32. The summed E-state index contributed by atoms with van der Waals surface area (Å²) in [4.78, 5) is 4.06. The average Bonchev–Trinajstić information content (AvgIpc) is 2.88. The minimum atomic E-state index is 0.444. The zero-order valence-corrected chi connectivity index (χ0v) is 12.3. The van der Waals surface area contributed by atoms with Crippen LogP contribution in [0.5, 0.6) is 0 Å². The third-order valence-electron chi connectivity index (χ3n) is 3.32. The van der Waals surface area contributed by atoms with E-state index in [1.807, 2.05) is 25.6 Å². The number of nitrogens with one attached hydrogen (secondary N) is 1. The van der Waals surface area contributed by atoms with Crippen molar-refractivity contribution in [2.24, 2.45) is 7.05 Å². The van der Waals surface area contributed by atoms with Crippen LogP contribution in [0.15, 0.2) is 30.7 Å². The lowest BCUT2D eigenvalue weighted by atomic mass is 10.0. The Morgan fingerprint density at radius 3 is 2.75 bits per heavy atom. The Hall–Kier alpha value is -1.75. The molecule has 5 heteroatoms. The van der Waals surface area contributed by atoms with Crippen LogP contribution in [0.25, 0.3) is 0 Å². The molecule has 1 N–H and O–H groups in total. The highest BCUT2D eigenvalue weighted by molar-refractivity contribution is 5.10. The van der Waals surface area contributed by atoms with Crippen LogP contribution in [-0.4, -0.2) is 32.6 Å². The van der Waals surface area contributed by atoms with Gasteiger partial charge in [0.05, 0.1) is 5.69 Å². The Kier molecular flexibility index (Phi) is 5.68. The molecule has 0 aliphatic rings. The van der Waals surface area contributed by atoms with Crippen LogP contribution < -0.4 is 5.32 Å². The van der Waals surface area contributed by atoms with Crippen LogP contribution in [-0.2, 0) is 19.9 Å². The van der Waals surface area contributed by atoms with Gasteiger partial charge >= 0.3 is 0 Å². The Balaban J connectivity index is 1.89. The molecular formula is C15H23N5. The second-order valence-corrected chi connectivity index (χ2v) is 5.13. The molecule has 0 radical (unpaired) electrons.